The topological polar surface area (TPSA) is 84.0 Å². The number of carbonyl (C=O) groups excluding carboxylic acids is 2. The molecule has 8 heteroatoms. The average molecular weight is 625 g/mol. The summed E-state index contributed by atoms with van der Waals surface area (Å²) in [5.41, 5.74) is 4.99. The fourth-order valence-corrected chi connectivity index (χ4v) is 6.79. The van der Waals surface area contributed by atoms with E-state index in [1.807, 2.05) is 49.4 Å². The number of carbonyl (C=O) groups is 2. The van der Waals surface area contributed by atoms with Crippen molar-refractivity contribution in [1.82, 2.24) is 4.31 Å². The van der Waals surface area contributed by atoms with E-state index in [0.717, 1.165) is 21.0 Å². The van der Waals surface area contributed by atoms with Gasteiger partial charge in [-0.2, -0.15) is 4.31 Å². The summed E-state index contributed by atoms with van der Waals surface area (Å²) >= 11 is 0. The first-order valence-electron chi connectivity index (χ1n) is 15.4. The molecule has 0 saturated heterocycles. The molecule has 0 radical (unpaired) electrons. The number of aryl methyl sites for hydroxylation is 1. The lowest BCUT2D eigenvalue weighted by Gasteiger charge is -2.26. The molecule has 0 aliphatic heterocycles. The van der Waals surface area contributed by atoms with Crippen molar-refractivity contribution in [3.8, 4) is 0 Å². The Morgan fingerprint density at radius 2 is 1.42 bits per heavy atom. The molecule has 0 unspecified atom stereocenters. The Labute approximate surface area is 266 Å². The molecule has 1 aliphatic rings. The molecular formula is C37H40N2O5S. The predicted molar refractivity (Wildman–Crippen MR) is 176 cm³/mol. The number of likely N-dealkylation sites (N-methyl/N-ethyl adjacent to an activating group) is 1. The van der Waals surface area contributed by atoms with Crippen LogP contribution in [0.4, 0.5) is 5.69 Å². The number of rotatable bonds is 11. The van der Waals surface area contributed by atoms with Gasteiger partial charge in [-0.3, -0.25) is 4.79 Å². The van der Waals surface area contributed by atoms with Crippen molar-refractivity contribution >= 4 is 27.6 Å². The Balaban J connectivity index is 1.34. The molecular weight excluding hydrogens is 584 g/mol. The van der Waals surface area contributed by atoms with Crippen molar-refractivity contribution in [2.24, 2.45) is 0 Å². The third kappa shape index (κ3) is 8.26. The number of hydrogen-bond acceptors (Lipinski definition) is 5. The number of hydrogen-bond donors (Lipinski definition) is 0. The zero-order valence-corrected chi connectivity index (χ0v) is 26.7. The number of esters is 1. The van der Waals surface area contributed by atoms with Gasteiger partial charge in [0, 0.05) is 12.7 Å². The second-order valence-electron chi connectivity index (χ2n) is 11.7. The zero-order valence-electron chi connectivity index (χ0n) is 25.9. The van der Waals surface area contributed by atoms with E-state index in [0.29, 0.717) is 17.2 Å². The van der Waals surface area contributed by atoms with Crippen molar-refractivity contribution in [3.05, 3.63) is 131 Å². The highest BCUT2D eigenvalue weighted by molar-refractivity contribution is 7.89. The Kier molecular flexibility index (Phi) is 10.5. The third-order valence-electron chi connectivity index (χ3n) is 8.41. The Hall–Kier alpha value is -4.27. The maximum Gasteiger partial charge on any atom is 0.338 e. The van der Waals surface area contributed by atoms with Crippen LogP contribution in [0.3, 0.4) is 0 Å². The van der Waals surface area contributed by atoms with Crippen molar-refractivity contribution in [2.75, 3.05) is 18.5 Å². The van der Waals surface area contributed by atoms with Crippen LogP contribution < -0.4 is 4.90 Å². The molecule has 0 heterocycles. The first-order chi connectivity index (χ1) is 21.7. The summed E-state index contributed by atoms with van der Waals surface area (Å²) in [7, 11) is -2.47. The van der Waals surface area contributed by atoms with Crippen LogP contribution in [-0.2, 0) is 32.7 Å². The van der Waals surface area contributed by atoms with E-state index in [-0.39, 0.29) is 30.5 Å². The van der Waals surface area contributed by atoms with Crippen LogP contribution in [0.25, 0.3) is 0 Å². The predicted octanol–water partition coefficient (Wildman–Crippen LogP) is 7.25. The highest BCUT2D eigenvalue weighted by atomic mass is 32.2. The largest absolute Gasteiger partial charge is 0.457 e. The summed E-state index contributed by atoms with van der Waals surface area (Å²) in [6.45, 7) is 1.94. The van der Waals surface area contributed by atoms with Gasteiger partial charge in [0.1, 0.15) is 6.61 Å². The minimum atomic E-state index is -3.88. The van der Waals surface area contributed by atoms with Gasteiger partial charge < -0.3 is 9.64 Å². The molecule has 234 valence electrons. The molecule has 0 spiro atoms. The van der Waals surface area contributed by atoms with Gasteiger partial charge in [0.15, 0.2) is 0 Å². The maximum absolute atomic E-state index is 13.8. The molecule has 1 aliphatic carbocycles. The number of nitrogens with zero attached hydrogens (tertiary/aromatic N) is 2. The minimum absolute atomic E-state index is 0.131. The lowest BCUT2D eigenvalue weighted by molar-refractivity contribution is -0.118. The second-order valence-corrected chi connectivity index (χ2v) is 13.8. The fraction of sp³-hybridized carbons (Fsp3) is 0.297. The van der Waals surface area contributed by atoms with E-state index < -0.39 is 16.0 Å². The summed E-state index contributed by atoms with van der Waals surface area (Å²) in [6.07, 6.45) is 6.20. The van der Waals surface area contributed by atoms with E-state index in [4.69, 9.17) is 4.74 Å². The van der Waals surface area contributed by atoms with Crippen LogP contribution in [0.1, 0.15) is 70.6 Å². The van der Waals surface area contributed by atoms with E-state index in [1.54, 1.807) is 53.4 Å². The maximum atomic E-state index is 13.8. The molecule has 1 fully saturated rings. The van der Waals surface area contributed by atoms with Crippen molar-refractivity contribution < 1.29 is 22.7 Å². The highest BCUT2D eigenvalue weighted by Crippen LogP contribution is 2.33. The SMILES string of the molecule is Cc1ccc(S(=O)(=O)N(C)CC(=O)N(Cc2ccc(C3CCCCC3)cc2)c2ccc(C(=O)OCc3ccccc3)cc2)cc1. The molecule has 4 aromatic carbocycles. The van der Waals surface area contributed by atoms with Crippen molar-refractivity contribution in [2.45, 2.75) is 63.0 Å². The number of amides is 1. The van der Waals surface area contributed by atoms with Gasteiger partial charge in [-0.05, 0) is 78.8 Å². The first kappa shape index (κ1) is 32.1. The quantitative estimate of drug-likeness (QED) is 0.164. The molecule has 45 heavy (non-hydrogen) atoms. The van der Waals surface area contributed by atoms with Crippen LogP contribution in [0.2, 0.25) is 0 Å². The van der Waals surface area contributed by atoms with Gasteiger partial charge in [-0.25, -0.2) is 13.2 Å². The lowest BCUT2D eigenvalue weighted by atomic mass is 9.84. The van der Waals surface area contributed by atoms with Gasteiger partial charge in [0.2, 0.25) is 15.9 Å². The first-order valence-corrected chi connectivity index (χ1v) is 16.9. The summed E-state index contributed by atoms with van der Waals surface area (Å²) in [5, 5.41) is 0. The van der Waals surface area contributed by atoms with E-state index >= 15 is 0 Å². The molecule has 0 aromatic heterocycles. The normalized spacial score (nSPS) is 13.8. The molecule has 1 amide bonds. The van der Waals surface area contributed by atoms with Gasteiger partial charge in [-0.15, -0.1) is 0 Å². The Morgan fingerprint density at radius 3 is 2.07 bits per heavy atom. The van der Waals surface area contributed by atoms with Gasteiger partial charge in [0.05, 0.1) is 23.5 Å². The molecule has 5 rings (SSSR count). The molecule has 4 aromatic rings. The van der Waals surface area contributed by atoms with E-state index in [2.05, 4.69) is 12.1 Å². The van der Waals surface area contributed by atoms with Gasteiger partial charge in [-0.1, -0.05) is 91.6 Å². The van der Waals surface area contributed by atoms with Gasteiger partial charge in [0.25, 0.3) is 0 Å². The number of benzene rings is 4. The van der Waals surface area contributed by atoms with Crippen molar-refractivity contribution in [3.63, 3.8) is 0 Å². The van der Waals surface area contributed by atoms with Crippen LogP contribution in [-0.4, -0.2) is 38.2 Å². The lowest BCUT2D eigenvalue weighted by Crippen LogP contribution is -2.41. The van der Waals surface area contributed by atoms with Crippen LogP contribution >= 0.6 is 0 Å². The second kappa shape index (κ2) is 14.7. The minimum Gasteiger partial charge on any atom is -0.457 e. The Bertz CT molecular complexity index is 1680. The van der Waals surface area contributed by atoms with Crippen LogP contribution in [0.15, 0.2) is 108 Å². The molecule has 1 saturated carbocycles. The Morgan fingerprint density at radius 1 is 0.778 bits per heavy atom. The third-order valence-corrected chi connectivity index (χ3v) is 10.2. The van der Waals surface area contributed by atoms with Crippen molar-refractivity contribution in [1.29, 1.82) is 0 Å². The van der Waals surface area contributed by atoms with Crippen LogP contribution in [0.5, 0.6) is 0 Å². The summed E-state index contributed by atoms with van der Waals surface area (Å²) in [5.74, 6) is -0.283. The van der Waals surface area contributed by atoms with Crippen LogP contribution in [0, 0.1) is 6.92 Å². The standard InChI is InChI=1S/C37H40N2O5S/c1-28-13-23-35(24-14-28)45(42,43)38(2)26-36(40)39(25-29-15-17-32(18-16-29)31-11-7-4-8-12-31)34-21-19-33(20-22-34)37(41)44-27-30-9-5-3-6-10-30/h3,5-6,9-10,13-24,31H,4,7-8,11-12,25-27H2,1-2H3. The summed E-state index contributed by atoms with van der Waals surface area (Å²) in [6, 6.07) is 31.0. The number of ether oxygens (including phenoxy) is 1. The van der Waals surface area contributed by atoms with E-state index in [1.165, 1.54) is 44.7 Å². The summed E-state index contributed by atoms with van der Waals surface area (Å²) in [4.78, 5) is 28.2. The average Bonchev–Trinajstić information content (AvgIpc) is 3.07. The highest BCUT2D eigenvalue weighted by Gasteiger charge is 2.26. The number of sulfonamides is 1. The fourth-order valence-electron chi connectivity index (χ4n) is 5.67. The van der Waals surface area contributed by atoms with E-state index in [9.17, 15) is 18.0 Å². The zero-order chi connectivity index (χ0) is 31.8. The summed E-state index contributed by atoms with van der Waals surface area (Å²) < 4.78 is 33.1. The smallest absolute Gasteiger partial charge is 0.338 e. The molecule has 0 N–H and O–H groups in total. The van der Waals surface area contributed by atoms with Gasteiger partial charge >= 0.3 is 5.97 Å². The molecule has 0 atom stereocenters. The molecule has 7 nitrogen and oxygen atoms in total. The number of anilines is 1. The molecule has 0 bridgehead atoms. The monoisotopic (exact) mass is 624 g/mol.